The third-order valence-electron chi connectivity index (χ3n) is 4.24. The maximum atomic E-state index is 13.5. The largest absolute Gasteiger partial charge is 0.484 e. The second kappa shape index (κ2) is 12.7. The van der Waals surface area contributed by atoms with Crippen LogP contribution >= 0.6 is 11.8 Å². The number of ether oxygens (including phenoxy) is 1. The number of nitrogens with zero attached hydrogens (tertiary/aromatic N) is 1. The molecule has 6 nitrogen and oxygen atoms in total. The summed E-state index contributed by atoms with van der Waals surface area (Å²) in [6.45, 7) is 3.52. The lowest BCUT2D eigenvalue weighted by molar-refractivity contribution is -0.122. The predicted octanol–water partition coefficient (Wildman–Crippen LogP) is 3.07. The molecule has 2 rings (SSSR count). The van der Waals surface area contributed by atoms with E-state index in [2.05, 4.69) is 20.9 Å². The van der Waals surface area contributed by atoms with Gasteiger partial charge in [-0.3, -0.25) is 9.79 Å². The van der Waals surface area contributed by atoms with Gasteiger partial charge in [-0.15, -0.1) is 0 Å². The van der Waals surface area contributed by atoms with Gasteiger partial charge < -0.3 is 20.7 Å². The fourth-order valence-corrected chi connectivity index (χ4v) is 3.36. The van der Waals surface area contributed by atoms with Crippen LogP contribution in [-0.4, -0.2) is 38.3 Å². The number of nitrogens with one attached hydrogen (secondary N) is 3. The van der Waals surface area contributed by atoms with E-state index in [1.165, 1.54) is 6.07 Å². The van der Waals surface area contributed by atoms with Gasteiger partial charge in [0.25, 0.3) is 5.91 Å². The maximum Gasteiger partial charge on any atom is 0.257 e. The molecule has 0 heterocycles. The average molecular weight is 433 g/mol. The molecular formula is C22H29FN4O2S. The molecule has 0 aliphatic rings. The molecule has 30 heavy (non-hydrogen) atoms. The van der Waals surface area contributed by atoms with Crippen LogP contribution in [0.2, 0.25) is 0 Å². The molecule has 3 N–H and O–H groups in total. The zero-order chi connectivity index (χ0) is 21.8. The van der Waals surface area contributed by atoms with Gasteiger partial charge in [0.2, 0.25) is 0 Å². The summed E-state index contributed by atoms with van der Waals surface area (Å²) in [4.78, 5) is 15.8. The van der Waals surface area contributed by atoms with Crippen molar-refractivity contribution >= 4 is 23.6 Å². The molecule has 0 saturated carbocycles. The monoisotopic (exact) mass is 432 g/mol. The Balaban J connectivity index is 1.89. The van der Waals surface area contributed by atoms with Gasteiger partial charge in [0.1, 0.15) is 11.6 Å². The van der Waals surface area contributed by atoms with Gasteiger partial charge in [0.15, 0.2) is 12.6 Å². The molecule has 0 fully saturated rings. The molecule has 2 aromatic rings. The van der Waals surface area contributed by atoms with Crippen LogP contribution in [0.1, 0.15) is 23.6 Å². The molecule has 8 heteroatoms. The highest BCUT2D eigenvalue weighted by Crippen LogP contribution is 2.17. The number of aliphatic imine (C=N–C) groups is 1. The summed E-state index contributed by atoms with van der Waals surface area (Å²) >= 11 is 1.66. The molecule has 0 bridgehead atoms. The first-order valence-corrected chi connectivity index (χ1v) is 11.1. The Bertz CT molecular complexity index is 861. The van der Waals surface area contributed by atoms with Crippen LogP contribution in [0.25, 0.3) is 0 Å². The fourth-order valence-electron chi connectivity index (χ4n) is 2.78. The number of halogens is 1. The lowest BCUT2D eigenvalue weighted by Crippen LogP contribution is -2.36. The summed E-state index contributed by atoms with van der Waals surface area (Å²) in [6, 6.07) is 12.4. The lowest BCUT2D eigenvalue weighted by Gasteiger charge is -2.15. The molecule has 0 aromatic heterocycles. The summed E-state index contributed by atoms with van der Waals surface area (Å²) in [6.07, 6.45) is 2.00. The highest BCUT2D eigenvalue weighted by molar-refractivity contribution is 7.97. The number of rotatable bonds is 10. The zero-order valence-corrected chi connectivity index (χ0v) is 18.4. The van der Waals surface area contributed by atoms with E-state index in [1.807, 2.05) is 37.4 Å². The molecule has 0 atom stereocenters. The number of benzene rings is 2. The Morgan fingerprint density at radius 3 is 2.63 bits per heavy atom. The van der Waals surface area contributed by atoms with Crippen molar-refractivity contribution in [2.45, 2.75) is 25.8 Å². The van der Waals surface area contributed by atoms with Crippen molar-refractivity contribution < 1.29 is 13.9 Å². The highest BCUT2D eigenvalue weighted by atomic mass is 32.2. The Morgan fingerprint density at radius 1 is 1.10 bits per heavy atom. The molecular weight excluding hydrogens is 403 g/mol. The molecule has 1 amide bonds. The first-order valence-electron chi connectivity index (χ1n) is 9.75. The third-order valence-corrected chi connectivity index (χ3v) is 4.84. The van der Waals surface area contributed by atoms with E-state index in [0.717, 1.165) is 22.4 Å². The Kier molecular flexibility index (Phi) is 10.00. The number of carbonyl (C=O) groups is 1. The van der Waals surface area contributed by atoms with Crippen molar-refractivity contribution in [3.63, 3.8) is 0 Å². The molecule has 0 aliphatic heterocycles. The molecule has 162 valence electrons. The minimum atomic E-state index is -0.223. The van der Waals surface area contributed by atoms with Gasteiger partial charge in [-0.05, 0) is 54.1 Å². The Labute approximate surface area is 181 Å². The molecule has 0 saturated heterocycles. The number of likely N-dealkylation sites (N-methyl/N-ethyl adjacent to an activating group) is 1. The smallest absolute Gasteiger partial charge is 0.257 e. The standard InChI is InChI=1S/C22H29FN4O2S/c1-4-25-21(28)14-29-20-7-5-6-16(10-20)12-26-22(24-2)27-13-17-8-9-19(23)11-18(17)15-30-3/h5-11H,4,12-15H2,1-3H3,(H,25,28)(H2,24,26,27). The van der Waals surface area contributed by atoms with Crippen molar-refractivity contribution in [3.05, 3.63) is 65.0 Å². The van der Waals surface area contributed by atoms with Gasteiger partial charge in [-0.25, -0.2) is 4.39 Å². The van der Waals surface area contributed by atoms with Crippen molar-refractivity contribution in [2.75, 3.05) is 26.5 Å². The van der Waals surface area contributed by atoms with Gasteiger partial charge >= 0.3 is 0 Å². The fraction of sp³-hybridized carbons (Fsp3) is 0.364. The summed E-state index contributed by atoms with van der Waals surface area (Å²) in [5.41, 5.74) is 3.01. The van der Waals surface area contributed by atoms with E-state index in [4.69, 9.17) is 4.74 Å². The quantitative estimate of drug-likeness (QED) is 0.397. The summed E-state index contributed by atoms with van der Waals surface area (Å²) in [5, 5.41) is 9.22. The van der Waals surface area contributed by atoms with Crippen LogP contribution in [0.15, 0.2) is 47.5 Å². The number of hydrogen-bond acceptors (Lipinski definition) is 4. The Hall–Kier alpha value is -2.74. The summed E-state index contributed by atoms with van der Waals surface area (Å²) < 4.78 is 19.0. The number of carbonyl (C=O) groups excluding carboxylic acids is 1. The van der Waals surface area contributed by atoms with Gasteiger partial charge in [0, 0.05) is 32.4 Å². The first-order chi connectivity index (χ1) is 14.5. The van der Waals surface area contributed by atoms with E-state index in [9.17, 15) is 9.18 Å². The summed E-state index contributed by atoms with van der Waals surface area (Å²) in [5.74, 6) is 1.66. The van der Waals surface area contributed by atoms with Crippen LogP contribution in [0.3, 0.4) is 0 Å². The van der Waals surface area contributed by atoms with E-state index in [1.54, 1.807) is 30.9 Å². The maximum absolute atomic E-state index is 13.5. The number of hydrogen-bond donors (Lipinski definition) is 3. The number of thioether (sulfide) groups is 1. The molecule has 2 aromatic carbocycles. The van der Waals surface area contributed by atoms with Crippen LogP contribution in [0, 0.1) is 5.82 Å². The third kappa shape index (κ3) is 7.94. The molecule has 0 aliphatic carbocycles. The number of amides is 1. The minimum Gasteiger partial charge on any atom is -0.484 e. The molecule has 0 unspecified atom stereocenters. The zero-order valence-electron chi connectivity index (χ0n) is 17.6. The van der Waals surface area contributed by atoms with Crippen molar-refractivity contribution in [3.8, 4) is 5.75 Å². The SMILES string of the molecule is CCNC(=O)COc1cccc(CNC(=NC)NCc2ccc(F)cc2CSC)c1. The summed E-state index contributed by atoms with van der Waals surface area (Å²) in [7, 11) is 1.70. The minimum absolute atomic E-state index is 0.00993. The molecule has 0 radical (unpaired) electrons. The van der Waals surface area contributed by atoms with E-state index < -0.39 is 0 Å². The molecule has 0 spiro atoms. The second-order valence-electron chi connectivity index (χ2n) is 6.51. The highest BCUT2D eigenvalue weighted by Gasteiger charge is 2.06. The lowest BCUT2D eigenvalue weighted by atomic mass is 10.1. The van der Waals surface area contributed by atoms with Crippen molar-refractivity contribution in [2.24, 2.45) is 4.99 Å². The second-order valence-corrected chi connectivity index (χ2v) is 7.38. The van der Waals surface area contributed by atoms with E-state index in [0.29, 0.717) is 31.3 Å². The van der Waals surface area contributed by atoms with Crippen LogP contribution in [0.5, 0.6) is 5.75 Å². The van der Waals surface area contributed by atoms with E-state index in [-0.39, 0.29) is 18.3 Å². The average Bonchev–Trinajstić information content (AvgIpc) is 2.74. The van der Waals surface area contributed by atoms with Gasteiger partial charge in [-0.1, -0.05) is 18.2 Å². The predicted molar refractivity (Wildman–Crippen MR) is 121 cm³/mol. The normalized spacial score (nSPS) is 11.1. The number of guanidine groups is 1. The van der Waals surface area contributed by atoms with Gasteiger partial charge in [-0.2, -0.15) is 11.8 Å². The van der Waals surface area contributed by atoms with E-state index >= 15 is 0 Å². The topological polar surface area (TPSA) is 74.8 Å². The Morgan fingerprint density at radius 2 is 1.90 bits per heavy atom. The van der Waals surface area contributed by atoms with Crippen LogP contribution in [0.4, 0.5) is 4.39 Å². The van der Waals surface area contributed by atoms with Gasteiger partial charge in [0.05, 0.1) is 0 Å². The van der Waals surface area contributed by atoms with Crippen molar-refractivity contribution in [1.82, 2.24) is 16.0 Å². The first kappa shape index (κ1) is 23.5. The van der Waals surface area contributed by atoms with Crippen LogP contribution < -0.4 is 20.7 Å². The van der Waals surface area contributed by atoms with Crippen LogP contribution in [-0.2, 0) is 23.6 Å². The van der Waals surface area contributed by atoms with Crippen molar-refractivity contribution in [1.29, 1.82) is 0 Å².